The van der Waals surface area contributed by atoms with Gasteiger partial charge in [0.25, 0.3) is 12.3 Å². The molecular formula is C21H20F3N5O3. The van der Waals surface area contributed by atoms with E-state index in [2.05, 4.69) is 32.1 Å². The molecule has 3 rings (SSSR count). The van der Waals surface area contributed by atoms with Crippen LogP contribution in [0.25, 0.3) is 0 Å². The Kier molecular flexibility index (Phi) is 6.95. The highest BCUT2D eigenvalue weighted by atomic mass is 19.3. The van der Waals surface area contributed by atoms with Crippen LogP contribution in [0.4, 0.5) is 18.9 Å². The van der Waals surface area contributed by atoms with Crippen LogP contribution in [0.1, 0.15) is 28.7 Å². The van der Waals surface area contributed by atoms with Crippen LogP contribution < -0.4 is 15.8 Å². The van der Waals surface area contributed by atoms with Gasteiger partial charge in [-0.25, -0.2) is 23.1 Å². The van der Waals surface area contributed by atoms with Gasteiger partial charge in [-0.3, -0.25) is 9.79 Å². The Morgan fingerprint density at radius 3 is 2.88 bits per heavy atom. The summed E-state index contributed by atoms with van der Waals surface area (Å²) in [6.07, 6.45) is -1.84. The first-order valence-electron chi connectivity index (χ1n) is 9.44. The van der Waals surface area contributed by atoms with Crippen LogP contribution in [-0.4, -0.2) is 48.0 Å². The fourth-order valence-corrected chi connectivity index (χ4v) is 3.06. The number of ether oxygens (including phenoxy) is 2. The molecule has 1 aliphatic heterocycles. The molecule has 1 aliphatic rings. The second kappa shape index (κ2) is 9.65. The number of rotatable bonds is 6. The smallest absolute Gasteiger partial charge is 0.276 e. The maximum Gasteiger partial charge on any atom is 0.276 e. The van der Waals surface area contributed by atoms with Gasteiger partial charge in [-0.1, -0.05) is 5.92 Å². The molecule has 0 saturated carbocycles. The van der Waals surface area contributed by atoms with Gasteiger partial charge >= 0.3 is 0 Å². The molecule has 1 atom stereocenters. The summed E-state index contributed by atoms with van der Waals surface area (Å²) < 4.78 is 52.8. The highest BCUT2D eigenvalue weighted by Gasteiger charge is 2.46. The minimum Gasteiger partial charge on any atom is -0.463 e. The number of aromatic nitrogens is 2. The van der Waals surface area contributed by atoms with Crippen molar-refractivity contribution in [2.24, 2.45) is 10.7 Å². The van der Waals surface area contributed by atoms with Crippen molar-refractivity contribution < 1.29 is 27.4 Å². The Bertz CT molecular complexity index is 1110. The number of hydrogen-bond donors (Lipinski definition) is 2. The largest absolute Gasteiger partial charge is 0.463 e. The molecule has 1 amide bonds. The third-order valence-corrected chi connectivity index (χ3v) is 4.58. The van der Waals surface area contributed by atoms with Crippen molar-refractivity contribution in [1.82, 2.24) is 9.97 Å². The van der Waals surface area contributed by atoms with Crippen LogP contribution >= 0.6 is 0 Å². The lowest BCUT2D eigenvalue weighted by Crippen LogP contribution is -2.45. The number of aliphatic imine (C=N–C) groups is 1. The minimum absolute atomic E-state index is 0.0170. The number of nitrogens with one attached hydrogen (secondary N) is 1. The van der Waals surface area contributed by atoms with Crippen LogP contribution in [0, 0.1) is 24.6 Å². The van der Waals surface area contributed by atoms with Crippen LogP contribution in [0.3, 0.4) is 0 Å². The predicted octanol–water partition coefficient (Wildman–Crippen LogP) is 2.43. The second-order valence-electron chi connectivity index (χ2n) is 6.83. The molecule has 0 fully saturated rings. The van der Waals surface area contributed by atoms with Crippen LogP contribution in [-0.2, 0) is 10.3 Å². The van der Waals surface area contributed by atoms with Crippen LogP contribution in [0.2, 0.25) is 0 Å². The predicted molar refractivity (Wildman–Crippen MR) is 110 cm³/mol. The Morgan fingerprint density at radius 1 is 1.44 bits per heavy atom. The molecule has 0 saturated heterocycles. The first-order valence-corrected chi connectivity index (χ1v) is 9.44. The molecule has 168 valence electrons. The molecule has 8 nitrogen and oxygen atoms in total. The molecule has 1 aromatic heterocycles. The van der Waals surface area contributed by atoms with E-state index in [1.54, 1.807) is 13.8 Å². The molecule has 0 aliphatic carbocycles. The highest BCUT2D eigenvalue weighted by Crippen LogP contribution is 2.38. The quantitative estimate of drug-likeness (QED) is 0.658. The number of amides is 1. The number of nitrogens with two attached hydrogens (primary N) is 1. The van der Waals surface area contributed by atoms with E-state index >= 15 is 0 Å². The highest BCUT2D eigenvalue weighted by molar-refractivity contribution is 6.03. The Hall–Kier alpha value is -3.65. The van der Waals surface area contributed by atoms with Gasteiger partial charge < -0.3 is 20.5 Å². The fourth-order valence-electron chi connectivity index (χ4n) is 3.06. The average molecular weight is 447 g/mol. The van der Waals surface area contributed by atoms with Crippen molar-refractivity contribution in [3.8, 4) is 17.7 Å². The van der Waals surface area contributed by atoms with Crippen molar-refractivity contribution in [2.75, 3.05) is 25.1 Å². The number of aryl methyl sites for hydroxylation is 1. The summed E-state index contributed by atoms with van der Waals surface area (Å²) in [6, 6.07) is 3.27. The number of anilines is 1. The molecule has 1 unspecified atom stereocenters. The van der Waals surface area contributed by atoms with Crippen molar-refractivity contribution in [3.05, 3.63) is 47.2 Å². The second-order valence-corrected chi connectivity index (χ2v) is 6.83. The maximum absolute atomic E-state index is 14.5. The van der Waals surface area contributed by atoms with Gasteiger partial charge in [0.2, 0.25) is 5.88 Å². The average Bonchev–Trinajstić information content (AvgIpc) is 2.75. The van der Waals surface area contributed by atoms with E-state index in [9.17, 15) is 18.0 Å². The topological polar surface area (TPSA) is 112 Å². The van der Waals surface area contributed by atoms with E-state index in [0.29, 0.717) is 0 Å². The third kappa shape index (κ3) is 4.81. The van der Waals surface area contributed by atoms with Gasteiger partial charge in [0.05, 0.1) is 18.5 Å². The van der Waals surface area contributed by atoms with Gasteiger partial charge in [0.1, 0.15) is 24.0 Å². The number of halogens is 3. The lowest BCUT2D eigenvalue weighted by Gasteiger charge is -2.33. The lowest BCUT2D eigenvalue weighted by atomic mass is 9.90. The summed E-state index contributed by atoms with van der Waals surface area (Å²) in [5.41, 5.74) is 3.12. The standard InChI is InChI=1S/C21H20F3N5O3/c1-3-4-7-32-17-9-26-18(12(2)27-17)19(30)28-13-5-6-15(22)14(8-13)21(20(23)24)11-31-10-16(25)29-21/h5-6,8-9,20H,7,10-11H2,1-2H3,(H2,25,29)(H,28,30). The molecule has 0 bridgehead atoms. The van der Waals surface area contributed by atoms with Gasteiger partial charge in [0.15, 0.2) is 12.1 Å². The van der Waals surface area contributed by atoms with Crippen molar-refractivity contribution in [2.45, 2.75) is 25.8 Å². The molecule has 32 heavy (non-hydrogen) atoms. The summed E-state index contributed by atoms with van der Waals surface area (Å²) >= 11 is 0. The normalized spacial score (nSPS) is 17.9. The van der Waals surface area contributed by atoms with Gasteiger partial charge in [-0.2, -0.15) is 0 Å². The monoisotopic (exact) mass is 447 g/mol. The molecule has 11 heteroatoms. The molecule has 1 aromatic carbocycles. The summed E-state index contributed by atoms with van der Waals surface area (Å²) in [5.74, 6) is 3.79. The van der Waals surface area contributed by atoms with Gasteiger partial charge in [-0.15, -0.1) is 5.92 Å². The zero-order valence-corrected chi connectivity index (χ0v) is 17.3. The van der Waals surface area contributed by atoms with Crippen LogP contribution in [0.5, 0.6) is 5.88 Å². The van der Waals surface area contributed by atoms with Gasteiger partial charge in [0, 0.05) is 11.3 Å². The Labute approximate surface area is 182 Å². The number of nitrogens with zero attached hydrogens (tertiary/aromatic N) is 3. The summed E-state index contributed by atoms with van der Waals surface area (Å²) in [4.78, 5) is 24.6. The fraction of sp³-hybridized carbons (Fsp3) is 0.333. The molecule has 2 heterocycles. The Balaban J connectivity index is 1.87. The Morgan fingerprint density at radius 2 is 2.22 bits per heavy atom. The number of carbonyl (C=O) groups is 1. The van der Waals surface area contributed by atoms with Crippen molar-refractivity contribution in [3.63, 3.8) is 0 Å². The van der Waals surface area contributed by atoms with Crippen molar-refractivity contribution in [1.29, 1.82) is 0 Å². The zero-order chi connectivity index (χ0) is 23.3. The van der Waals surface area contributed by atoms with E-state index in [0.717, 1.165) is 12.1 Å². The number of alkyl halides is 2. The van der Waals surface area contributed by atoms with E-state index < -0.39 is 35.9 Å². The van der Waals surface area contributed by atoms with E-state index in [4.69, 9.17) is 15.2 Å². The molecular weight excluding hydrogens is 427 g/mol. The maximum atomic E-state index is 14.5. The molecule has 0 radical (unpaired) electrons. The number of amidine groups is 1. The molecule has 2 aromatic rings. The molecule has 0 spiro atoms. The van der Waals surface area contributed by atoms with Crippen molar-refractivity contribution >= 4 is 17.4 Å². The van der Waals surface area contributed by atoms with E-state index in [1.165, 1.54) is 12.3 Å². The number of carbonyl (C=O) groups excluding carboxylic acids is 1. The van der Waals surface area contributed by atoms with E-state index in [-0.39, 0.29) is 42.0 Å². The summed E-state index contributed by atoms with van der Waals surface area (Å²) in [7, 11) is 0. The number of hydrogen-bond acceptors (Lipinski definition) is 7. The minimum atomic E-state index is -3.10. The van der Waals surface area contributed by atoms with Crippen LogP contribution in [0.15, 0.2) is 29.4 Å². The zero-order valence-electron chi connectivity index (χ0n) is 17.3. The summed E-state index contributed by atoms with van der Waals surface area (Å²) in [5, 5.41) is 2.51. The van der Waals surface area contributed by atoms with E-state index in [1.807, 2.05) is 0 Å². The summed E-state index contributed by atoms with van der Waals surface area (Å²) in [6.45, 7) is 2.65. The SMILES string of the molecule is CC#CCOc1cnc(C(=O)Nc2ccc(F)c(C3(C(F)F)COCC(N)=N3)c2)c(C)n1. The van der Waals surface area contributed by atoms with Gasteiger partial charge in [-0.05, 0) is 32.0 Å². The first kappa shape index (κ1) is 23.0. The number of benzene rings is 1. The first-order chi connectivity index (χ1) is 15.3. The molecule has 3 N–H and O–H groups in total. The lowest BCUT2D eigenvalue weighted by molar-refractivity contribution is -0.0145. The third-order valence-electron chi connectivity index (χ3n) is 4.58.